The van der Waals surface area contributed by atoms with Gasteiger partial charge in [-0.3, -0.25) is 9.69 Å². The van der Waals surface area contributed by atoms with Gasteiger partial charge in [0.15, 0.2) is 0 Å². The van der Waals surface area contributed by atoms with Gasteiger partial charge in [-0.1, -0.05) is 67.6 Å². The van der Waals surface area contributed by atoms with E-state index < -0.39 is 0 Å². The Balaban J connectivity index is 1.77. The van der Waals surface area contributed by atoms with Gasteiger partial charge in [-0.15, -0.1) is 0 Å². The molecule has 1 aliphatic rings. The largest absolute Gasteiger partial charge is 0.492 e. The summed E-state index contributed by atoms with van der Waals surface area (Å²) in [5.41, 5.74) is 3.30. The number of halogens is 1. The molecule has 170 valence electrons. The molecule has 5 nitrogen and oxygen atoms in total. The van der Waals surface area contributed by atoms with Crippen molar-refractivity contribution in [2.24, 2.45) is 0 Å². The van der Waals surface area contributed by atoms with Crippen LogP contribution in [-0.4, -0.2) is 38.1 Å². The third-order valence-corrected chi connectivity index (χ3v) is 6.71. The van der Waals surface area contributed by atoms with Crippen LogP contribution in [0.25, 0.3) is 23.0 Å². The van der Waals surface area contributed by atoms with Gasteiger partial charge in [-0.2, -0.15) is 5.10 Å². The molecule has 1 amide bonds. The van der Waals surface area contributed by atoms with E-state index in [2.05, 4.69) is 0 Å². The Labute approximate surface area is 208 Å². The van der Waals surface area contributed by atoms with Gasteiger partial charge in [-0.05, 0) is 49.2 Å². The standard InChI is InChI=1S/C25H24ClN3O2S2/c1-3-12-28-24(30)22(33-25(28)32)15-18-16-29(19-8-6-5-7-9-19)27-23(18)17-10-11-21(20(26)14-17)31-13-4-2/h5-11,14-16H,3-4,12-13H2,1-2H3/b22-15-. The van der Waals surface area contributed by atoms with Crippen LogP contribution in [0.5, 0.6) is 5.75 Å². The molecule has 1 fully saturated rings. The van der Waals surface area contributed by atoms with Crippen LogP contribution in [0.15, 0.2) is 59.6 Å². The van der Waals surface area contributed by atoms with E-state index in [1.54, 1.807) is 4.90 Å². The fourth-order valence-corrected chi connectivity index (χ4v) is 5.00. The van der Waals surface area contributed by atoms with Crippen molar-refractivity contribution in [3.63, 3.8) is 0 Å². The third-order valence-electron chi connectivity index (χ3n) is 5.04. The number of benzene rings is 2. The van der Waals surface area contributed by atoms with E-state index in [1.165, 1.54) is 11.8 Å². The van der Waals surface area contributed by atoms with E-state index in [4.69, 9.17) is 33.7 Å². The van der Waals surface area contributed by atoms with Crippen LogP contribution in [-0.2, 0) is 4.79 Å². The number of carbonyl (C=O) groups excluding carboxylic acids is 1. The smallest absolute Gasteiger partial charge is 0.266 e. The number of hydrogen-bond acceptors (Lipinski definition) is 5. The normalized spacial score (nSPS) is 15.0. The summed E-state index contributed by atoms with van der Waals surface area (Å²) in [6.07, 6.45) is 5.54. The molecule has 8 heteroatoms. The second-order valence-electron chi connectivity index (χ2n) is 7.54. The number of rotatable bonds is 8. The van der Waals surface area contributed by atoms with E-state index in [0.717, 1.165) is 35.3 Å². The fourth-order valence-electron chi connectivity index (χ4n) is 3.47. The van der Waals surface area contributed by atoms with E-state index in [-0.39, 0.29) is 5.91 Å². The molecule has 2 heterocycles. The fraction of sp³-hybridized carbons (Fsp3) is 0.240. The molecule has 4 rings (SSSR count). The number of carbonyl (C=O) groups is 1. The summed E-state index contributed by atoms with van der Waals surface area (Å²) in [6, 6.07) is 15.5. The van der Waals surface area contributed by atoms with Crippen molar-refractivity contribution in [2.45, 2.75) is 26.7 Å². The van der Waals surface area contributed by atoms with Crippen LogP contribution in [0, 0.1) is 0 Å². The van der Waals surface area contributed by atoms with Crippen molar-refractivity contribution in [2.75, 3.05) is 13.2 Å². The van der Waals surface area contributed by atoms with Gasteiger partial charge >= 0.3 is 0 Å². The predicted molar refractivity (Wildman–Crippen MR) is 140 cm³/mol. The second-order valence-corrected chi connectivity index (χ2v) is 9.62. The van der Waals surface area contributed by atoms with Gasteiger partial charge in [0.25, 0.3) is 5.91 Å². The molecule has 1 saturated heterocycles. The first-order chi connectivity index (χ1) is 16.0. The minimum Gasteiger partial charge on any atom is -0.492 e. The summed E-state index contributed by atoms with van der Waals surface area (Å²) < 4.78 is 8.11. The van der Waals surface area contributed by atoms with Gasteiger partial charge < -0.3 is 4.74 Å². The molecule has 0 aliphatic carbocycles. The lowest BCUT2D eigenvalue weighted by Gasteiger charge is -2.11. The van der Waals surface area contributed by atoms with Gasteiger partial charge in [-0.25, -0.2) is 4.68 Å². The minimum atomic E-state index is -0.0633. The van der Waals surface area contributed by atoms with Gasteiger partial charge in [0, 0.05) is 23.9 Å². The Bertz CT molecular complexity index is 1210. The Kier molecular flexibility index (Phi) is 7.53. The van der Waals surface area contributed by atoms with Crippen molar-refractivity contribution in [1.29, 1.82) is 0 Å². The second kappa shape index (κ2) is 10.5. The molecule has 1 aromatic heterocycles. The molecule has 0 saturated carbocycles. The summed E-state index contributed by atoms with van der Waals surface area (Å²) in [6.45, 7) is 5.30. The first kappa shape index (κ1) is 23.5. The van der Waals surface area contributed by atoms with Crippen molar-refractivity contribution in [3.05, 3.63) is 70.2 Å². The average Bonchev–Trinajstić information content (AvgIpc) is 3.36. The molecule has 2 aromatic carbocycles. The topological polar surface area (TPSA) is 47.4 Å². The first-order valence-corrected chi connectivity index (χ1v) is 12.4. The lowest BCUT2D eigenvalue weighted by atomic mass is 10.1. The molecule has 0 N–H and O–H groups in total. The number of aromatic nitrogens is 2. The Morgan fingerprint density at radius 1 is 1.15 bits per heavy atom. The van der Waals surface area contributed by atoms with Crippen molar-refractivity contribution in [1.82, 2.24) is 14.7 Å². The van der Waals surface area contributed by atoms with Crippen LogP contribution >= 0.6 is 35.6 Å². The number of thioether (sulfide) groups is 1. The maximum Gasteiger partial charge on any atom is 0.266 e. The van der Waals surface area contributed by atoms with Gasteiger partial charge in [0.1, 0.15) is 15.8 Å². The number of ether oxygens (including phenoxy) is 1. The van der Waals surface area contributed by atoms with Gasteiger partial charge in [0.05, 0.1) is 22.2 Å². The molecule has 0 atom stereocenters. The summed E-state index contributed by atoms with van der Waals surface area (Å²) in [4.78, 5) is 15.2. The minimum absolute atomic E-state index is 0.0633. The Morgan fingerprint density at radius 3 is 2.64 bits per heavy atom. The summed E-state index contributed by atoms with van der Waals surface area (Å²) >= 11 is 13.3. The molecule has 3 aromatic rings. The molecular weight excluding hydrogens is 474 g/mol. The highest BCUT2D eigenvalue weighted by Crippen LogP contribution is 2.36. The van der Waals surface area contributed by atoms with Crippen molar-refractivity contribution < 1.29 is 9.53 Å². The van der Waals surface area contributed by atoms with E-state index >= 15 is 0 Å². The zero-order valence-corrected chi connectivity index (χ0v) is 20.8. The highest BCUT2D eigenvalue weighted by molar-refractivity contribution is 8.26. The van der Waals surface area contributed by atoms with Crippen LogP contribution in [0.1, 0.15) is 32.3 Å². The number of nitrogens with zero attached hydrogens (tertiary/aromatic N) is 3. The highest BCUT2D eigenvalue weighted by Gasteiger charge is 2.31. The molecular formula is C25H24ClN3O2S2. The summed E-state index contributed by atoms with van der Waals surface area (Å²) in [5, 5.41) is 5.35. The maximum absolute atomic E-state index is 12.9. The number of thiocarbonyl (C=S) groups is 1. The number of para-hydroxylation sites is 1. The first-order valence-electron chi connectivity index (χ1n) is 10.8. The molecule has 0 unspecified atom stereocenters. The summed E-state index contributed by atoms with van der Waals surface area (Å²) in [5.74, 6) is 0.582. The quantitative estimate of drug-likeness (QED) is 0.259. The Hall–Kier alpha value is -2.61. The van der Waals surface area contributed by atoms with Crippen LogP contribution < -0.4 is 4.74 Å². The van der Waals surface area contributed by atoms with E-state index in [9.17, 15) is 4.79 Å². The lowest BCUT2D eigenvalue weighted by molar-refractivity contribution is -0.122. The molecule has 0 bridgehead atoms. The number of amides is 1. The molecule has 33 heavy (non-hydrogen) atoms. The van der Waals surface area contributed by atoms with Crippen molar-refractivity contribution in [3.8, 4) is 22.7 Å². The molecule has 0 spiro atoms. The number of hydrogen-bond donors (Lipinski definition) is 0. The van der Waals surface area contributed by atoms with Crippen LogP contribution in [0.2, 0.25) is 5.02 Å². The van der Waals surface area contributed by atoms with Gasteiger partial charge in [0.2, 0.25) is 0 Å². The SMILES string of the molecule is CCCOc1ccc(-c2nn(-c3ccccc3)cc2/C=C2\SC(=S)N(CCC)C2=O)cc1Cl. The monoisotopic (exact) mass is 497 g/mol. The molecule has 0 radical (unpaired) electrons. The van der Waals surface area contributed by atoms with Crippen LogP contribution in [0.4, 0.5) is 0 Å². The molecule has 1 aliphatic heterocycles. The van der Waals surface area contributed by atoms with E-state index in [0.29, 0.717) is 33.1 Å². The zero-order chi connectivity index (χ0) is 23.4. The Morgan fingerprint density at radius 2 is 1.94 bits per heavy atom. The summed E-state index contributed by atoms with van der Waals surface area (Å²) in [7, 11) is 0. The lowest BCUT2D eigenvalue weighted by Crippen LogP contribution is -2.28. The van der Waals surface area contributed by atoms with Crippen LogP contribution in [0.3, 0.4) is 0 Å². The highest BCUT2D eigenvalue weighted by atomic mass is 35.5. The van der Waals surface area contributed by atoms with E-state index in [1.807, 2.05) is 79.3 Å². The zero-order valence-electron chi connectivity index (χ0n) is 18.5. The predicted octanol–water partition coefficient (Wildman–Crippen LogP) is 6.59. The van der Waals surface area contributed by atoms with Crippen molar-refractivity contribution >= 4 is 51.9 Å². The maximum atomic E-state index is 12.9. The average molecular weight is 498 g/mol. The third kappa shape index (κ3) is 5.16.